The average Bonchev–Trinajstić information content (AvgIpc) is 2.90. The summed E-state index contributed by atoms with van der Waals surface area (Å²) in [5.74, 6) is 0.259. The summed E-state index contributed by atoms with van der Waals surface area (Å²) in [6.45, 7) is 5.63. The van der Waals surface area contributed by atoms with Gasteiger partial charge >= 0.3 is 6.09 Å². The van der Waals surface area contributed by atoms with Gasteiger partial charge in [0.2, 0.25) is 5.96 Å². The van der Waals surface area contributed by atoms with Gasteiger partial charge < -0.3 is 4.74 Å². The van der Waals surface area contributed by atoms with Crippen molar-refractivity contribution in [1.82, 2.24) is 15.0 Å². The Morgan fingerprint density at radius 3 is 2.10 bits per heavy atom. The van der Waals surface area contributed by atoms with Crippen LogP contribution >= 0.6 is 35.1 Å². The maximum absolute atomic E-state index is 12.5. The van der Waals surface area contributed by atoms with Crippen LogP contribution in [0.2, 0.25) is 10.0 Å². The van der Waals surface area contributed by atoms with Crippen molar-refractivity contribution >= 4 is 47.2 Å². The van der Waals surface area contributed by atoms with E-state index in [0.29, 0.717) is 15.7 Å². The van der Waals surface area contributed by atoms with E-state index in [1.807, 2.05) is 91.0 Å². The number of pyridine rings is 1. The van der Waals surface area contributed by atoms with Gasteiger partial charge in [-0.1, -0.05) is 71.7 Å². The fraction of sp³-hybridized carbons (Fsp3) is 0.167. The second-order valence-electron chi connectivity index (χ2n) is 9.52. The van der Waals surface area contributed by atoms with Crippen molar-refractivity contribution in [2.75, 3.05) is 0 Å². The van der Waals surface area contributed by atoms with Crippen LogP contribution in [0.15, 0.2) is 101 Å². The number of aromatic nitrogens is 1. The van der Waals surface area contributed by atoms with Crippen LogP contribution in [0.25, 0.3) is 22.4 Å². The number of nitrogens with one attached hydrogen (secondary N) is 2. The van der Waals surface area contributed by atoms with Gasteiger partial charge in [0.25, 0.3) is 0 Å². The third-order valence-corrected chi connectivity index (χ3v) is 6.56. The molecule has 0 spiro atoms. The topological polar surface area (TPSA) is 75.6 Å². The Morgan fingerprint density at radius 2 is 1.49 bits per heavy atom. The van der Waals surface area contributed by atoms with Crippen LogP contribution in [-0.4, -0.2) is 22.6 Å². The van der Waals surface area contributed by atoms with E-state index in [1.54, 1.807) is 20.8 Å². The number of amides is 1. The molecule has 0 fully saturated rings. The molecule has 200 valence electrons. The average molecular weight is 580 g/mol. The molecule has 0 aliphatic carbocycles. The zero-order valence-corrected chi connectivity index (χ0v) is 24.1. The van der Waals surface area contributed by atoms with Crippen LogP contribution in [0.1, 0.15) is 26.5 Å². The molecule has 1 amide bonds. The van der Waals surface area contributed by atoms with E-state index in [4.69, 9.17) is 32.9 Å². The number of alkyl carbamates (subject to hydrolysis) is 1. The number of hydrogen-bond acceptors (Lipinski definition) is 5. The highest BCUT2D eigenvalue weighted by molar-refractivity contribution is 7.98. The van der Waals surface area contributed by atoms with Crippen LogP contribution in [0.4, 0.5) is 4.79 Å². The largest absolute Gasteiger partial charge is 0.444 e. The van der Waals surface area contributed by atoms with Gasteiger partial charge in [0.15, 0.2) is 0 Å². The molecule has 0 bridgehead atoms. The van der Waals surface area contributed by atoms with E-state index in [0.717, 1.165) is 27.3 Å². The molecule has 0 radical (unpaired) electrons. The Morgan fingerprint density at radius 1 is 0.872 bits per heavy atom. The van der Waals surface area contributed by atoms with Crippen LogP contribution in [0.5, 0.6) is 0 Å². The second-order valence-corrected chi connectivity index (χ2v) is 11.3. The highest BCUT2D eigenvalue weighted by Gasteiger charge is 2.18. The first kappa shape index (κ1) is 28.5. The normalized spacial score (nSPS) is 11.7. The highest BCUT2D eigenvalue weighted by Crippen LogP contribution is 2.32. The Labute approximate surface area is 243 Å². The van der Waals surface area contributed by atoms with Gasteiger partial charge in [0, 0.05) is 26.1 Å². The summed E-state index contributed by atoms with van der Waals surface area (Å²) in [5, 5.41) is 4.02. The lowest BCUT2D eigenvalue weighted by atomic mass is 9.99. The molecule has 1 aromatic heterocycles. The SMILES string of the molecule is CC(C)(C)OC(=O)NC(=NCc1ccc(-c2ccc(Cl)cc2)c(-c2ccc(Cl)cc2)n1)NSc1ccccc1. The zero-order chi connectivity index (χ0) is 27.8. The molecule has 0 atom stereocenters. The number of benzene rings is 3. The molecular formula is C30H28Cl2N4O2S. The first-order valence-electron chi connectivity index (χ1n) is 12.2. The fourth-order valence-corrected chi connectivity index (χ4v) is 4.41. The van der Waals surface area contributed by atoms with Gasteiger partial charge in [-0.2, -0.15) is 0 Å². The number of hydrogen-bond donors (Lipinski definition) is 2. The monoisotopic (exact) mass is 578 g/mol. The number of aliphatic imine (C=N–C) groups is 1. The summed E-state index contributed by atoms with van der Waals surface area (Å²) in [6, 6.07) is 28.8. The number of carbonyl (C=O) groups is 1. The maximum atomic E-state index is 12.5. The smallest absolute Gasteiger partial charge is 0.414 e. The standard InChI is InChI=1S/C30H28Cl2N4O2S/c1-30(2,3)38-29(37)35-28(36-39-25-7-5-4-6-8-25)33-19-24-17-18-26(20-9-13-22(31)14-10-20)27(34-24)21-11-15-23(32)16-12-21/h4-18H,19H2,1-3H3,(H2,33,35,36,37). The third kappa shape index (κ3) is 8.75. The second kappa shape index (κ2) is 13.0. The van der Waals surface area contributed by atoms with E-state index in [1.165, 1.54) is 11.9 Å². The molecule has 0 aliphatic heterocycles. The first-order chi connectivity index (χ1) is 18.7. The predicted molar refractivity (Wildman–Crippen MR) is 161 cm³/mol. The van der Waals surface area contributed by atoms with Crippen LogP contribution in [-0.2, 0) is 11.3 Å². The molecule has 1 heterocycles. The molecule has 39 heavy (non-hydrogen) atoms. The van der Waals surface area contributed by atoms with Gasteiger partial charge in [0.1, 0.15) is 5.60 Å². The molecule has 9 heteroatoms. The van der Waals surface area contributed by atoms with Crippen molar-refractivity contribution in [3.8, 4) is 22.4 Å². The molecule has 0 saturated carbocycles. The Kier molecular flexibility index (Phi) is 9.51. The summed E-state index contributed by atoms with van der Waals surface area (Å²) in [5.41, 5.74) is 3.71. The Balaban J connectivity index is 1.63. The van der Waals surface area contributed by atoms with Crippen molar-refractivity contribution < 1.29 is 9.53 Å². The van der Waals surface area contributed by atoms with E-state index >= 15 is 0 Å². The van der Waals surface area contributed by atoms with Crippen LogP contribution < -0.4 is 10.0 Å². The van der Waals surface area contributed by atoms with Gasteiger partial charge in [-0.05, 0) is 80.7 Å². The molecular weight excluding hydrogens is 551 g/mol. The number of nitrogens with zero attached hydrogens (tertiary/aromatic N) is 2. The minimum atomic E-state index is -0.645. The summed E-state index contributed by atoms with van der Waals surface area (Å²) in [4.78, 5) is 23.0. The molecule has 0 saturated heterocycles. The van der Waals surface area contributed by atoms with Crippen LogP contribution in [0.3, 0.4) is 0 Å². The maximum Gasteiger partial charge on any atom is 0.414 e. The van der Waals surface area contributed by atoms with Crippen molar-refractivity contribution in [2.45, 2.75) is 37.8 Å². The van der Waals surface area contributed by atoms with Crippen molar-refractivity contribution in [3.05, 3.63) is 107 Å². The first-order valence-corrected chi connectivity index (χ1v) is 13.8. The minimum Gasteiger partial charge on any atom is -0.444 e. The summed E-state index contributed by atoms with van der Waals surface area (Å²) in [6.07, 6.45) is -0.602. The Bertz CT molecular complexity index is 1440. The van der Waals surface area contributed by atoms with E-state index < -0.39 is 11.7 Å². The van der Waals surface area contributed by atoms with Gasteiger partial charge in [-0.25, -0.2) is 9.79 Å². The quantitative estimate of drug-likeness (QED) is 0.136. The molecule has 6 nitrogen and oxygen atoms in total. The van der Waals surface area contributed by atoms with Crippen molar-refractivity contribution in [1.29, 1.82) is 0 Å². The molecule has 4 rings (SSSR count). The van der Waals surface area contributed by atoms with Crippen molar-refractivity contribution in [3.63, 3.8) is 0 Å². The zero-order valence-electron chi connectivity index (χ0n) is 21.7. The molecule has 0 unspecified atom stereocenters. The number of guanidine groups is 1. The molecule has 2 N–H and O–H groups in total. The lowest BCUT2D eigenvalue weighted by molar-refractivity contribution is 0.0562. The number of ether oxygens (including phenoxy) is 1. The van der Waals surface area contributed by atoms with Gasteiger partial charge in [0.05, 0.1) is 17.9 Å². The third-order valence-electron chi connectivity index (χ3n) is 5.25. The van der Waals surface area contributed by atoms with Crippen molar-refractivity contribution in [2.24, 2.45) is 4.99 Å². The lowest BCUT2D eigenvalue weighted by Crippen LogP contribution is -2.41. The summed E-state index contributed by atoms with van der Waals surface area (Å²) in [7, 11) is 0. The van der Waals surface area contributed by atoms with E-state index in [-0.39, 0.29) is 12.5 Å². The fourth-order valence-electron chi connectivity index (χ4n) is 3.53. The molecule has 0 aliphatic rings. The summed E-state index contributed by atoms with van der Waals surface area (Å²) >= 11 is 13.6. The number of carbonyl (C=O) groups excluding carboxylic acids is 1. The Hall–Kier alpha value is -3.52. The number of rotatable bonds is 6. The summed E-state index contributed by atoms with van der Waals surface area (Å²) < 4.78 is 8.53. The van der Waals surface area contributed by atoms with E-state index in [9.17, 15) is 4.79 Å². The lowest BCUT2D eigenvalue weighted by Gasteiger charge is -2.20. The van der Waals surface area contributed by atoms with E-state index in [2.05, 4.69) is 15.0 Å². The minimum absolute atomic E-state index is 0.217. The molecule has 4 aromatic rings. The van der Waals surface area contributed by atoms with Crippen LogP contribution in [0, 0.1) is 0 Å². The number of halogens is 2. The highest BCUT2D eigenvalue weighted by atomic mass is 35.5. The van der Waals surface area contributed by atoms with Gasteiger partial charge in [-0.15, -0.1) is 0 Å². The molecule has 3 aromatic carbocycles. The van der Waals surface area contributed by atoms with Gasteiger partial charge in [-0.3, -0.25) is 15.0 Å². The predicted octanol–water partition coefficient (Wildman–Crippen LogP) is 8.40.